The molecule has 5 nitrogen and oxygen atoms in total. The molecule has 5 aromatic rings. The molecule has 2 aromatic heterocycles. The van der Waals surface area contributed by atoms with Gasteiger partial charge in [0.05, 0.1) is 16.3 Å². The Morgan fingerprint density at radius 1 is 0.853 bits per heavy atom. The van der Waals surface area contributed by atoms with Crippen molar-refractivity contribution < 1.29 is 9.59 Å². The molecule has 0 aliphatic rings. The lowest BCUT2D eigenvalue weighted by molar-refractivity contribution is -0.113. The number of thioether (sulfide) groups is 1. The van der Waals surface area contributed by atoms with E-state index < -0.39 is 0 Å². The molecule has 3 aromatic carbocycles. The Morgan fingerprint density at radius 3 is 2.47 bits per heavy atom. The van der Waals surface area contributed by atoms with Gasteiger partial charge in [-0.1, -0.05) is 42.5 Å². The molecule has 5 rings (SSSR count). The van der Waals surface area contributed by atoms with Crippen LogP contribution in [0.3, 0.4) is 0 Å². The minimum Gasteiger partial charge on any atom is -0.321 e. The highest BCUT2D eigenvalue weighted by Gasteiger charge is 2.10. The van der Waals surface area contributed by atoms with E-state index in [1.165, 1.54) is 39.8 Å². The maximum Gasteiger partial charge on any atom is 0.265 e. The van der Waals surface area contributed by atoms with Gasteiger partial charge in [0.2, 0.25) is 5.91 Å². The fourth-order valence-corrected chi connectivity index (χ4v) is 5.40. The van der Waals surface area contributed by atoms with Crippen LogP contribution in [0.15, 0.2) is 94.5 Å². The number of nitrogens with zero attached hydrogens (tertiary/aromatic N) is 1. The first-order chi connectivity index (χ1) is 16.6. The molecule has 0 radical (unpaired) electrons. The van der Waals surface area contributed by atoms with Gasteiger partial charge in [0.1, 0.15) is 0 Å². The van der Waals surface area contributed by atoms with Gasteiger partial charge in [-0.25, -0.2) is 4.98 Å². The Morgan fingerprint density at radius 2 is 1.68 bits per heavy atom. The first kappa shape index (κ1) is 22.3. The molecule has 2 amide bonds. The number of nitrogens with one attached hydrogen (secondary N) is 2. The highest BCUT2D eigenvalue weighted by molar-refractivity contribution is 8.00. The van der Waals surface area contributed by atoms with Crippen molar-refractivity contribution in [3.63, 3.8) is 0 Å². The number of carbonyl (C=O) groups excluding carboxylic acids is 2. The molecule has 34 heavy (non-hydrogen) atoms. The molecule has 0 fully saturated rings. The standard InChI is InChI=1S/C26H19N3O2S3/c30-24(16-33-21-11-9-20(10-12-21)27-25(31)23-6-3-13-32-23)29-26-28-22(15-34-26)19-8-7-17-4-1-2-5-18(17)14-19/h1-15H,16H2,(H,27,31)(H,28,29,30). The highest BCUT2D eigenvalue weighted by atomic mass is 32.2. The Kier molecular flexibility index (Phi) is 6.71. The van der Waals surface area contributed by atoms with Crippen molar-refractivity contribution in [2.75, 3.05) is 16.4 Å². The molecule has 8 heteroatoms. The van der Waals surface area contributed by atoms with Crippen LogP contribution in [0.5, 0.6) is 0 Å². The summed E-state index contributed by atoms with van der Waals surface area (Å²) < 4.78 is 0. The molecule has 0 aliphatic heterocycles. The molecule has 0 spiro atoms. The Balaban J connectivity index is 1.14. The Labute approximate surface area is 208 Å². The monoisotopic (exact) mass is 501 g/mol. The number of rotatable bonds is 7. The zero-order chi connectivity index (χ0) is 23.3. The van der Waals surface area contributed by atoms with Crippen LogP contribution < -0.4 is 10.6 Å². The molecule has 0 saturated heterocycles. The van der Waals surface area contributed by atoms with E-state index in [0.29, 0.717) is 10.0 Å². The third-order valence-electron chi connectivity index (χ3n) is 5.02. The van der Waals surface area contributed by atoms with Gasteiger partial charge in [0.15, 0.2) is 5.13 Å². The predicted octanol–water partition coefficient (Wildman–Crippen LogP) is 7.01. The van der Waals surface area contributed by atoms with Crippen molar-refractivity contribution in [2.45, 2.75) is 4.90 Å². The lowest BCUT2D eigenvalue weighted by Gasteiger charge is -2.06. The van der Waals surface area contributed by atoms with E-state index in [9.17, 15) is 9.59 Å². The number of thiophene rings is 1. The van der Waals surface area contributed by atoms with E-state index in [2.05, 4.69) is 39.9 Å². The summed E-state index contributed by atoms with van der Waals surface area (Å²) in [6, 6.07) is 25.5. The van der Waals surface area contributed by atoms with Crippen LogP contribution in [-0.4, -0.2) is 22.6 Å². The molecular formula is C26H19N3O2S3. The minimum atomic E-state index is -0.124. The second kappa shape index (κ2) is 10.2. The SMILES string of the molecule is O=C(CSc1ccc(NC(=O)c2cccs2)cc1)Nc1nc(-c2ccc3ccccc3c2)cs1. The fourth-order valence-electron chi connectivity index (χ4n) is 3.35. The molecule has 2 N–H and O–H groups in total. The van der Waals surface area contributed by atoms with E-state index in [-0.39, 0.29) is 17.6 Å². The van der Waals surface area contributed by atoms with Crippen LogP contribution >= 0.6 is 34.4 Å². The summed E-state index contributed by atoms with van der Waals surface area (Å²) in [6.45, 7) is 0. The molecule has 2 heterocycles. The van der Waals surface area contributed by atoms with Crippen LogP contribution in [0.1, 0.15) is 9.67 Å². The molecular weight excluding hydrogens is 483 g/mol. The second-order valence-corrected chi connectivity index (χ2v) is 10.2. The molecule has 0 saturated carbocycles. The smallest absolute Gasteiger partial charge is 0.265 e. The zero-order valence-corrected chi connectivity index (χ0v) is 20.3. The number of anilines is 2. The van der Waals surface area contributed by atoms with Crippen molar-refractivity contribution in [3.8, 4) is 11.3 Å². The molecule has 0 unspecified atom stereocenters. The van der Waals surface area contributed by atoms with E-state index in [0.717, 1.165) is 27.2 Å². The number of hydrogen-bond donors (Lipinski definition) is 2. The summed E-state index contributed by atoms with van der Waals surface area (Å²) in [5, 5.41) is 12.5. The van der Waals surface area contributed by atoms with Gasteiger partial charge in [-0.15, -0.1) is 34.4 Å². The van der Waals surface area contributed by atoms with Crippen molar-refractivity contribution in [1.82, 2.24) is 4.98 Å². The number of carbonyl (C=O) groups is 2. The summed E-state index contributed by atoms with van der Waals surface area (Å²) in [5.74, 6) is 0.0342. The molecule has 0 aliphatic carbocycles. The van der Waals surface area contributed by atoms with Gasteiger partial charge in [-0.3, -0.25) is 9.59 Å². The highest BCUT2D eigenvalue weighted by Crippen LogP contribution is 2.28. The number of hydrogen-bond acceptors (Lipinski definition) is 6. The van der Waals surface area contributed by atoms with E-state index >= 15 is 0 Å². The second-order valence-electron chi connectivity index (χ2n) is 7.39. The summed E-state index contributed by atoms with van der Waals surface area (Å²) in [5.41, 5.74) is 2.59. The topological polar surface area (TPSA) is 71.1 Å². The molecule has 168 valence electrons. The Hall–Kier alpha value is -3.46. The largest absolute Gasteiger partial charge is 0.321 e. The maximum absolute atomic E-state index is 12.4. The van der Waals surface area contributed by atoms with Crippen LogP contribution in [0, 0.1) is 0 Å². The predicted molar refractivity (Wildman–Crippen MR) is 143 cm³/mol. The van der Waals surface area contributed by atoms with Crippen molar-refractivity contribution in [2.24, 2.45) is 0 Å². The number of amides is 2. The molecule has 0 bridgehead atoms. The van der Waals surface area contributed by atoms with Crippen LogP contribution in [0.25, 0.3) is 22.0 Å². The Bertz CT molecular complexity index is 1440. The quantitative estimate of drug-likeness (QED) is 0.235. The van der Waals surface area contributed by atoms with Crippen LogP contribution in [-0.2, 0) is 4.79 Å². The summed E-state index contributed by atoms with van der Waals surface area (Å²) in [6.07, 6.45) is 0. The average molecular weight is 502 g/mol. The van der Waals surface area contributed by atoms with Crippen LogP contribution in [0.4, 0.5) is 10.8 Å². The van der Waals surface area contributed by atoms with Gasteiger partial charge in [-0.2, -0.15) is 0 Å². The van der Waals surface area contributed by atoms with Crippen LogP contribution in [0.2, 0.25) is 0 Å². The zero-order valence-electron chi connectivity index (χ0n) is 17.9. The van der Waals surface area contributed by atoms with Crippen molar-refractivity contribution in [1.29, 1.82) is 0 Å². The molecule has 0 atom stereocenters. The third-order valence-corrected chi connectivity index (χ3v) is 7.66. The number of benzene rings is 3. The fraction of sp³-hybridized carbons (Fsp3) is 0.0385. The number of aromatic nitrogens is 1. The number of fused-ring (bicyclic) bond motifs is 1. The maximum atomic E-state index is 12.4. The van der Waals surface area contributed by atoms with Gasteiger partial charge < -0.3 is 10.6 Å². The lowest BCUT2D eigenvalue weighted by atomic mass is 10.1. The van der Waals surface area contributed by atoms with E-state index in [4.69, 9.17) is 0 Å². The average Bonchev–Trinajstić information content (AvgIpc) is 3.56. The third kappa shape index (κ3) is 5.36. The number of thiazole rings is 1. The van der Waals surface area contributed by atoms with Gasteiger partial charge in [0.25, 0.3) is 5.91 Å². The minimum absolute atomic E-state index is 0.112. The van der Waals surface area contributed by atoms with Crippen molar-refractivity contribution >= 4 is 67.8 Å². The van der Waals surface area contributed by atoms with Gasteiger partial charge >= 0.3 is 0 Å². The van der Waals surface area contributed by atoms with Gasteiger partial charge in [0, 0.05) is 21.5 Å². The van der Waals surface area contributed by atoms with E-state index in [1.807, 2.05) is 59.3 Å². The first-order valence-electron chi connectivity index (χ1n) is 10.5. The normalized spacial score (nSPS) is 10.8. The summed E-state index contributed by atoms with van der Waals surface area (Å²) >= 11 is 4.25. The van der Waals surface area contributed by atoms with E-state index in [1.54, 1.807) is 6.07 Å². The van der Waals surface area contributed by atoms with Gasteiger partial charge in [-0.05, 0) is 52.6 Å². The van der Waals surface area contributed by atoms with Crippen molar-refractivity contribution in [3.05, 3.63) is 94.5 Å². The summed E-state index contributed by atoms with van der Waals surface area (Å²) in [7, 11) is 0. The first-order valence-corrected chi connectivity index (χ1v) is 13.2. The lowest BCUT2D eigenvalue weighted by Crippen LogP contribution is -2.13. The summed E-state index contributed by atoms with van der Waals surface area (Å²) in [4.78, 5) is 30.8.